The second-order valence-electron chi connectivity index (χ2n) is 5.89. The van der Waals surface area contributed by atoms with Gasteiger partial charge in [-0.25, -0.2) is 8.42 Å². The van der Waals surface area contributed by atoms with Gasteiger partial charge < -0.3 is 5.32 Å². The zero-order chi connectivity index (χ0) is 18.0. The van der Waals surface area contributed by atoms with E-state index in [0.717, 1.165) is 32.1 Å². The molecular weight excluding hydrogens is 324 g/mol. The molecule has 0 bridgehead atoms. The van der Waals surface area contributed by atoms with Crippen LogP contribution >= 0.6 is 0 Å². The molecule has 5 nitrogen and oxygen atoms in total. The van der Waals surface area contributed by atoms with Gasteiger partial charge >= 0.3 is 0 Å². The summed E-state index contributed by atoms with van der Waals surface area (Å²) in [4.78, 5) is 12.3. The monoisotopic (exact) mass is 354 g/mol. The number of amides is 1. The number of carbonyl (C=O) groups is 1. The van der Waals surface area contributed by atoms with Gasteiger partial charge in [0.25, 0.3) is 5.91 Å². The van der Waals surface area contributed by atoms with Crippen LogP contribution in [0.3, 0.4) is 0 Å². The van der Waals surface area contributed by atoms with Crippen molar-refractivity contribution in [3.05, 3.63) is 29.8 Å². The maximum absolute atomic E-state index is 12.7. The third-order valence-electron chi connectivity index (χ3n) is 3.77. The van der Waals surface area contributed by atoms with Crippen LogP contribution in [0.15, 0.2) is 29.2 Å². The van der Waals surface area contributed by atoms with Gasteiger partial charge in [0.2, 0.25) is 10.0 Å². The molecule has 0 aliphatic heterocycles. The molecular formula is C18H30N2O3S. The minimum Gasteiger partial charge on any atom is -0.352 e. The fourth-order valence-electron chi connectivity index (χ4n) is 2.46. The zero-order valence-corrected chi connectivity index (χ0v) is 15.9. The van der Waals surface area contributed by atoms with Crippen molar-refractivity contribution in [1.29, 1.82) is 0 Å². The first-order valence-electron chi connectivity index (χ1n) is 8.85. The Morgan fingerprint density at radius 2 is 1.54 bits per heavy atom. The summed E-state index contributed by atoms with van der Waals surface area (Å²) in [7, 11) is -3.49. The summed E-state index contributed by atoms with van der Waals surface area (Å²) in [5.74, 6) is -0.158. The summed E-state index contributed by atoms with van der Waals surface area (Å²) in [6.07, 6.45) is 4.70. The molecule has 24 heavy (non-hydrogen) atoms. The molecule has 0 atom stereocenters. The van der Waals surface area contributed by atoms with Crippen molar-refractivity contribution in [2.45, 2.75) is 57.8 Å². The van der Waals surface area contributed by atoms with Gasteiger partial charge in [0.05, 0.1) is 4.90 Å². The van der Waals surface area contributed by atoms with E-state index in [-0.39, 0.29) is 10.8 Å². The van der Waals surface area contributed by atoms with E-state index < -0.39 is 10.0 Å². The Labute approximate surface area is 146 Å². The number of hydrogen-bond acceptors (Lipinski definition) is 3. The summed E-state index contributed by atoms with van der Waals surface area (Å²) in [6.45, 7) is 7.70. The lowest BCUT2D eigenvalue weighted by molar-refractivity contribution is 0.0953. The summed E-state index contributed by atoms with van der Waals surface area (Å²) in [6, 6.07) is 6.21. The number of unbranched alkanes of at least 4 members (excludes halogenated alkanes) is 2. The first-order valence-corrected chi connectivity index (χ1v) is 10.3. The molecule has 0 radical (unpaired) electrons. The highest BCUT2D eigenvalue weighted by atomic mass is 32.2. The van der Waals surface area contributed by atoms with Gasteiger partial charge in [-0.3, -0.25) is 4.79 Å². The molecule has 1 rings (SSSR count). The van der Waals surface area contributed by atoms with E-state index >= 15 is 0 Å². The van der Waals surface area contributed by atoms with Crippen molar-refractivity contribution >= 4 is 15.9 Å². The molecule has 0 saturated heterocycles. The Kier molecular flexibility index (Phi) is 9.00. The predicted molar refractivity (Wildman–Crippen MR) is 97.6 cm³/mol. The number of carbonyl (C=O) groups excluding carboxylic acids is 1. The molecule has 0 aliphatic carbocycles. The first-order chi connectivity index (χ1) is 11.5. The number of rotatable bonds is 11. The molecule has 0 spiro atoms. The van der Waals surface area contributed by atoms with Gasteiger partial charge in [-0.15, -0.1) is 0 Å². The SMILES string of the molecule is CCCCCNC(=O)c1ccc(S(=O)(=O)N(CCC)CCC)cc1. The van der Waals surface area contributed by atoms with Crippen LogP contribution in [0.25, 0.3) is 0 Å². The Hall–Kier alpha value is -1.40. The van der Waals surface area contributed by atoms with E-state index in [1.54, 1.807) is 12.1 Å². The molecule has 136 valence electrons. The second-order valence-corrected chi connectivity index (χ2v) is 7.83. The van der Waals surface area contributed by atoms with Crippen LogP contribution in [-0.4, -0.2) is 38.3 Å². The second kappa shape index (κ2) is 10.5. The summed E-state index contributed by atoms with van der Waals surface area (Å²) in [5, 5.41) is 2.86. The van der Waals surface area contributed by atoms with Crippen molar-refractivity contribution in [2.75, 3.05) is 19.6 Å². The average Bonchev–Trinajstić information content (AvgIpc) is 2.58. The van der Waals surface area contributed by atoms with Crippen molar-refractivity contribution in [3.63, 3.8) is 0 Å². The maximum Gasteiger partial charge on any atom is 0.251 e. The minimum atomic E-state index is -3.49. The third kappa shape index (κ3) is 5.91. The van der Waals surface area contributed by atoms with Crippen LogP contribution in [-0.2, 0) is 10.0 Å². The Morgan fingerprint density at radius 3 is 2.04 bits per heavy atom. The van der Waals surface area contributed by atoms with Gasteiger partial charge in [-0.2, -0.15) is 4.31 Å². The van der Waals surface area contributed by atoms with Crippen LogP contribution in [0.1, 0.15) is 63.2 Å². The molecule has 0 unspecified atom stereocenters. The lowest BCUT2D eigenvalue weighted by Crippen LogP contribution is -2.32. The van der Waals surface area contributed by atoms with E-state index in [1.807, 2.05) is 13.8 Å². The van der Waals surface area contributed by atoms with Crippen LogP contribution in [0.4, 0.5) is 0 Å². The average molecular weight is 355 g/mol. The Balaban J connectivity index is 2.79. The largest absolute Gasteiger partial charge is 0.352 e. The van der Waals surface area contributed by atoms with Crippen molar-refractivity contribution in [2.24, 2.45) is 0 Å². The van der Waals surface area contributed by atoms with Crippen LogP contribution in [0.5, 0.6) is 0 Å². The number of nitrogens with one attached hydrogen (secondary N) is 1. The van der Waals surface area contributed by atoms with E-state index in [9.17, 15) is 13.2 Å². The molecule has 0 aromatic heterocycles. The summed E-state index contributed by atoms with van der Waals surface area (Å²) >= 11 is 0. The third-order valence-corrected chi connectivity index (χ3v) is 5.68. The molecule has 6 heteroatoms. The molecule has 0 heterocycles. The minimum absolute atomic E-state index is 0.158. The van der Waals surface area contributed by atoms with E-state index in [1.165, 1.54) is 16.4 Å². The number of benzene rings is 1. The van der Waals surface area contributed by atoms with Gasteiger partial charge in [-0.1, -0.05) is 33.6 Å². The van der Waals surface area contributed by atoms with Crippen LogP contribution in [0.2, 0.25) is 0 Å². The van der Waals surface area contributed by atoms with E-state index in [2.05, 4.69) is 12.2 Å². The lowest BCUT2D eigenvalue weighted by atomic mass is 10.2. The molecule has 0 saturated carbocycles. The lowest BCUT2D eigenvalue weighted by Gasteiger charge is -2.21. The number of hydrogen-bond donors (Lipinski definition) is 1. The fraction of sp³-hybridized carbons (Fsp3) is 0.611. The molecule has 1 N–H and O–H groups in total. The number of nitrogens with zero attached hydrogens (tertiary/aromatic N) is 1. The molecule has 1 aromatic rings. The Bertz CT molecular complexity index is 591. The smallest absolute Gasteiger partial charge is 0.251 e. The van der Waals surface area contributed by atoms with Crippen molar-refractivity contribution < 1.29 is 13.2 Å². The van der Waals surface area contributed by atoms with E-state index in [0.29, 0.717) is 25.2 Å². The highest BCUT2D eigenvalue weighted by Crippen LogP contribution is 2.17. The van der Waals surface area contributed by atoms with Gasteiger partial charge in [0.1, 0.15) is 0 Å². The highest BCUT2D eigenvalue weighted by Gasteiger charge is 2.23. The molecule has 1 amide bonds. The van der Waals surface area contributed by atoms with E-state index in [4.69, 9.17) is 0 Å². The summed E-state index contributed by atoms with van der Waals surface area (Å²) in [5.41, 5.74) is 0.489. The van der Waals surface area contributed by atoms with Gasteiger partial charge in [0, 0.05) is 25.2 Å². The van der Waals surface area contributed by atoms with Gasteiger partial charge in [-0.05, 0) is 43.5 Å². The van der Waals surface area contributed by atoms with Crippen molar-refractivity contribution in [3.8, 4) is 0 Å². The van der Waals surface area contributed by atoms with Crippen LogP contribution in [0, 0.1) is 0 Å². The fourth-order valence-corrected chi connectivity index (χ4v) is 4.08. The molecule has 1 aromatic carbocycles. The number of sulfonamides is 1. The maximum atomic E-state index is 12.7. The normalized spacial score (nSPS) is 11.7. The first kappa shape index (κ1) is 20.6. The Morgan fingerprint density at radius 1 is 0.958 bits per heavy atom. The highest BCUT2D eigenvalue weighted by molar-refractivity contribution is 7.89. The van der Waals surface area contributed by atoms with Crippen LogP contribution < -0.4 is 5.32 Å². The van der Waals surface area contributed by atoms with Gasteiger partial charge in [0.15, 0.2) is 0 Å². The molecule has 0 fully saturated rings. The zero-order valence-electron chi connectivity index (χ0n) is 15.0. The topological polar surface area (TPSA) is 66.5 Å². The van der Waals surface area contributed by atoms with Crippen molar-refractivity contribution in [1.82, 2.24) is 9.62 Å². The summed E-state index contributed by atoms with van der Waals surface area (Å²) < 4.78 is 26.8. The quantitative estimate of drug-likeness (QED) is 0.619. The standard InChI is InChI=1S/C18H30N2O3S/c1-4-7-8-13-19-18(21)16-9-11-17(12-10-16)24(22,23)20(14-5-2)15-6-3/h9-12H,4-8,13-15H2,1-3H3,(H,19,21). The predicted octanol–water partition coefficient (Wildman–Crippen LogP) is 3.42. The molecule has 0 aliphatic rings.